The SMILES string of the molecule is CCN1CC[C@](O)(OC(=O)NCc2cc(F)cc(Cl)c2)C1=O. The highest BCUT2D eigenvalue weighted by Gasteiger charge is 2.48. The summed E-state index contributed by atoms with van der Waals surface area (Å²) >= 11 is 5.70. The number of aliphatic hydroxyl groups is 1. The van der Waals surface area contributed by atoms with Crippen molar-refractivity contribution in [1.82, 2.24) is 10.2 Å². The Kier molecular flexibility index (Phi) is 4.87. The summed E-state index contributed by atoms with van der Waals surface area (Å²) in [6.45, 7) is 2.46. The summed E-state index contributed by atoms with van der Waals surface area (Å²) in [5.41, 5.74) is 0.432. The molecular weight excluding hydrogens is 315 g/mol. The molecule has 0 bridgehead atoms. The number of likely N-dealkylation sites (tertiary alicyclic amines) is 1. The average Bonchev–Trinajstić information content (AvgIpc) is 2.71. The van der Waals surface area contributed by atoms with Crippen LogP contribution in [0.3, 0.4) is 0 Å². The number of hydrogen-bond acceptors (Lipinski definition) is 4. The predicted octanol–water partition coefficient (Wildman–Crippen LogP) is 1.65. The van der Waals surface area contributed by atoms with Crippen LogP contribution in [0.2, 0.25) is 5.02 Å². The maximum absolute atomic E-state index is 13.2. The van der Waals surface area contributed by atoms with Crippen molar-refractivity contribution in [3.8, 4) is 0 Å². The Morgan fingerprint density at radius 3 is 2.86 bits per heavy atom. The number of alkyl carbamates (subject to hydrolysis) is 1. The maximum Gasteiger partial charge on any atom is 0.410 e. The zero-order valence-electron chi connectivity index (χ0n) is 11.9. The van der Waals surface area contributed by atoms with Crippen molar-refractivity contribution in [3.63, 3.8) is 0 Å². The molecule has 2 rings (SSSR count). The second-order valence-corrected chi connectivity index (χ2v) is 5.38. The lowest BCUT2D eigenvalue weighted by Gasteiger charge is -2.21. The van der Waals surface area contributed by atoms with Crippen LogP contribution >= 0.6 is 11.6 Å². The van der Waals surface area contributed by atoms with E-state index < -0.39 is 23.6 Å². The molecule has 0 radical (unpaired) electrons. The van der Waals surface area contributed by atoms with E-state index in [0.29, 0.717) is 18.7 Å². The molecule has 1 saturated heterocycles. The van der Waals surface area contributed by atoms with Gasteiger partial charge in [-0.2, -0.15) is 0 Å². The zero-order valence-corrected chi connectivity index (χ0v) is 12.7. The third-order valence-corrected chi connectivity index (χ3v) is 3.56. The fourth-order valence-corrected chi connectivity index (χ4v) is 2.46. The van der Waals surface area contributed by atoms with Crippen LogP contribution in [0.5, 0.6) is 0 Å². The van der Waals surface area contributed by atoms with Crippen LogP contribution in [0, 0.1) is 5.82 Å². The maximum atomic E-state index is 13.2. The fourth-order valence-electron chi connectivity index (χ4n) is 2.22. The number of halogens is 2. The molecule has 120 valence electrons. The quantitative estimate of drug-likeness (QED) is 0.823. The van der Waals surface area contributed by atoms with Crippen molar-refractivity contribution in [2.45, 2.75) is 25.7 Å². The molecule has 1 heterocycles. The minimum Gasteiger partial charge on any atom is -0.407 e. The molecule has 1 fully saturated rings. The average molecular weight is 331 g/mol. The molecule has 1 aromatic rings. The van der Waals surface area contributed by atoms with Gasteiger partial charge in [-0.25, -0.2) is 9.18 Å². The summed E-state index contributed by atoms with van der Waals surface area (Å²) in [6, 6.07) is 3.84. The number of carbonyl (C=O) groups excluding carboxylic acids is 2. The first-order valence-electron chi connectivity index (χ1n) is 6.77. The predicted molar refractivity (Wildman–Crippen MR) is 76.6 cm³/mol. The van der Waals surface area contributed by atoms with Crippen LogP contribution < -0.4 is 5.32 Å². The van der Waals surface area contributed by atoms with E-state index in [2.05, 4.69) is 5.32 Å². The van der Waals surface area contributed by atoms with Gasteiger partial charge in [0.1, 0.15) is 5.82 Å². The first-order chi connectivity index (χ1) is 10.3. The highest BCUT2D eigenvalue weighted by molar-refractivity contribution is 6.30. The van der Waals surface area contributed by atoms with Crippen molar-refractivity contribution in [1.29, 1.82) is 0 Å². The van der Waals surface area contributed by atoms with Crippen molar-refractivity contribution >= 4 is 23.6 Å². The van der Waals surface area contributed by atoms with Gasteiger partial charge in [-0.1, -0.05) is 11.6 Å². The fraction of sp³-hybridized carbons (Fsp3) is 0.429. The Morgan fingerprint density at radius 2 is 2.27 bits per heavy atom. The molecule has 0 aromatic heterocycles. The molecular formula is C14H16ClFN2O4. The lowest BCUT2D eigenvalue weighted by Crippen LogP contribution is -2.45. The Hall–Kier alpha value is -1.86. The van der Waals surface area contributed by atoms with Gasteiger partial charge in [0.2, 0.25) is 0 Å². The minimum atomic E-state index is -2.14. The second-order valence-electron chi connectivity index (χ2n) is 4.94. The summed E-state index contributed by atoms with van der Waals surface area (Å²) in [7, 11) is 0. The number of benzene rings is 1. The monoisotopic (exact) mass is 330 g/mol. The molecule has 1 aromatic carbocycles. The van der Waals surface area contributed by atoms with Gasteiger partial charge in [0.15, 0.2) is 0 Å². The Balaban J connectivity index is 1.92. The molecule has 8 heteroatoms. The summed E-state index contributed by atoms with van der Waals surface area (Å²) < 4.78 is 18.0. The molecule has 0 aliphatic carbocycles. The third-order valence-electron chi connectivity index (χ3n) is 3.34. The Morgan fingerprint density at radius 1 is 1.55 bits per heavy atom. The van der Waals surface area contributed by atoms with Crippen LogP contribution in [0.1, 0.15) is 18.9 Å². The van der Waals surface area contributed by atoms with E-state index in [4.69, 9.17) is 16.3 Å². The largest absolute Gasteiger partial charge is 0.410 e. The summed E-state index contributed by atoms with van der Waals surface area (Å²) in [5.74, 6) is -3.31. The van der Waals surface area contributed by atoms with E-state index in [1.807, 2.05) is 0 Å². The highest BCUT2D eigenvalue weighted by Crippen LogP contribution is 2.24. The van der Waals surface area contributed by atoms with Crippen LogP contribution in [-0.4, -0.2) is 40.9 Å². The van der Waals surface area contributed by atoms with Gasteiger partial charge in [0.25, 0.3) is 11.7 Å². The second kappa shape index (κ2) is 6.50. The van der Waals surface area contributed by atoms with Gasteiger partial charge in [0, 0.05) is 31.1 Å². The summed E-state index contributed by atoms with van der Waals surface area (Å²) in [4.78, 5) is 24.9. The standard InChI is InChI=1S/C14H16ClFN2O4/c1-2-18-4-3-14(21,12(18)19)22-13(20)17-8-9-5-10(15)7-11(16)6-9/h5-7,21H,2-4,8H2,1H3,(H,17,20)/t14-/m0/s1. The van der Waals surface area contributed by atoms with Crippen LogP contribution in [0.25, 0.3) is 0 Å². The normalized spacial score (nSPS) is 21.1. The van der Waals surface area contributed by atoms with E-state index in [-0.39, 0.29) is 18.0 Å². The topological polar surface area (TPSA) is 78.9 Å². The molecule has 2 N–H and O–H groups in total. The number of amides is 2. The molecule has 1 atom stereocenters. The zero-order chi connectivity index (χ0) is 16.3. The van der Waals surface area contributed by atoms with E-state index in [9.17, 15) is 19.1 Å². The summed E-state index contributed by atoms with van der Waals surface area (Å²) in [6.07, 6.45) is -0.951. The smallest absolute Gasteiger partial charge is 0.407 e. The number of nitrogens with one attached hydrogen (secondary N) is 1. The lowest BCUT2D eigenvalue weighted by molar-refractivity contribution is -0.182. The number of hydrogen-bond donors (Lipinski definition) is 2. The van der Waals surface area contributed by atoms with Gasteiger partial charge in [-0.3, -0.25) is 4.79 Å². The first kappa shape index (κ1) is 16.5. The molecule has 0 saturated carbocycles. The van der Waals surface area contributed by atoms with Gasteiger partial charge in [-0.05, 0) is 30.7 Å². The Labute approximate surface area is 131 Å². The molecule has 6 nitrogen and oxygen atoms in total. The molecule has 2 amide bonds. The number of likely N-dealkylation sites (N-methyl/N-ethyl adjacent to an activating group) is 1. The van der Waals surface area contributed by atoms with Crippen molar-refractivity contribution in [2.75, 3.05) is 13.1 Å². The highest BCUT2D eigenvalue weighted by atomic mass is 35.5. The number of carbonyl (C=O) groups is 2. The van der Waals surface area contributed by atoms with Crippen molar-refractivity contribution < 1.29 is 23.8 Å². The minimum absolute atomic E-state index is 0.0128. The third kappa shape index (κ3) is 3.66. The van der Waals surface area contributed by atoms with Crippen LogP contribution in [0.4, 0.5) is 9.18 Å². The molecule has 0 unspecified atom stereocenters. The molecule has 1 aliphatic heterocycles. The first-order valence-corrected chi connectivity index (χ1v) is 7.15. The molecule has 0 spiro atoms. The lowest BCUT2D eigenvalue weighted by atomic mass is 10.2. The van der Waals surface area contributed by atoms with E-state index in [1.54, 1.807) is 6.92 Å². The van der Waals surface area contributed by atoms with Crippen molar-refractivity contribution in [3.05, 3.63) is 34.6 Å². The summed E-state index contributed by atoms with van der Waals surface area (Å²) in [5, 5.41) is 12.6. The number of rotatable bonds is 4. The number of ether oxygens (including phenoxy) is 1. The van der Waals surface area contributed by atoms with Gasteiger partial charge in [-0.15, -0.1) is 0 Å². The van der Waals surface area contributed by atoms with Gasteiger partial charge < -0.3 is 20.1 Å². The Bertz CT molecular complexity index is 578. The van der Waals surface area contributed by atoms with E-state index in [0.717, 1.165) is 6.07 Å². The molecule has 22 heavy (non-hydrogen) atoms. The van der Waals surface area contributed by atoms with Crippen LogP contribution in [0.15, 0.2) is 18.2 Å². The number of nitrogens with zero attached hydrogens (tertiary/aromatic N) is 1. The van der Waals surface area contributed by atoms with E-state index in [1.165, 1.54) is 17.0 Å². The van der Waals surface area contributed by atoms with Crippen molar-refractivity contribution in [2.24, 2.45) is 0 Å². The van der Waals surface area contributed by atoms with Crippen LogP contribution in [-0.2, 0) is 16.1 Å². The molecule has 1 aliphatic rings. The van der Waals surface area contributed by atoms with Gasteiger partial charge in [0.05, 0.1) is 0 Å². The van der Waals surface area contributed by atoms with E-state index >= 15 is 0 Å². The van der Waals surface area contributed by atoms with Gasteiger partial charge >= 0.3 is 6.09 Å².